The molecule has 0 bridgehead atoms. The van der Waals surface area contributed by atoms with Gasteiger partial charge >= 0.3 is 0 Å². The van der Waals surface area contributed by atoms with Crippen LogP contribution in [0.15, 0.2) is 205 Å². The van der Waals surface area contributed by atoms with Crippen LogP contribution in [-0.4, -0.2) is 0 Å². The van der Waals surface area contributed by atoms with Gasteiger partial charge in [-0.3, -0.25) is 0 Å². The summed E-state index contributed by atoms with van der Waals surface area (Å²) >= 11 is 3.73. The van der Waals surface area contributed by atoms with E-state index in [-0.39, 0.29) is 0 Å². The molecule has 0 aliphatic heterocycles. The molecular weight excluding hydrogens is 743 g/mol. The fourth-order valence-corrected chi connectivity index (χ4v) is 11.0. The maximum atomic E-state index is 6.16. The number of para-hydroxylation sites is 1. The molecular formula is C54H33NOS2. The Kier molecular flexibility index (Phi) is 7.62. The van der Waals surface area contributed by atoms with Crippen LogP contribution in [0.25, 0.3) is 95.7 Å². The van der Waals surface area contributed by atoms with Gasteiger partial charge in [0.1, 0.15) is 11.2 Å². The topological polar surface area (TPSA) is 16.4 Å². The Morgan fingerprint density at radius 3 is 1.59 bits per heavy atom. The molecule has 3 aromatic heterocycles. The van der Waals surface area contributed by atoms with Gasteiger partial charge in [0.05, 0.1) is 10.4 Å². The second-order valence-electron chi connectivity index (χ2n) is 14.9. The molecule has 0 unspecified atom stereocenters. The van der Waals surface area contributed by atoms with Gasteiger partial charge < -0.3 is 9.32 Å². The monoisotopic (exact) mass is 775 g/mol. The largest absolute Gasteiger partial charge is 0.456 e. The van der Waals surface area contributed by atoms with Crippen molar-refractivity contribution in [2.45, 2.75) is 0 Å². The van der Waals surface area contributed by atoms with E-state index in [9.17, 15) is 0 Å². The summed E-state index contributed by atoms with van der Waals surface area (Å²) in [6.45, 7) is 0. The van der Waals surface area contributed by atoms with Gasteiger partial charge in [0.15, 0.2) is 0 Å². The Hall–Kier alpha value is -6.98. The molecule has 272 valence electrons. The minimum absolute atomic E-state index is 0.907. The third kappa shape index (κ3) is 5.37. The first-order valence-corrected chi connectivity index (χ1v) is 21.2. The summed E-state index contributed by atoms with van der Waals surface area (Å²) in [5, 5.41) is 7.46. The predicted octanol–water partition coefficient (Wildman–Crippen LogP) is 16.8. The molecule has 0 fully saturated rings. The maximum Gasteiger partial charge on any atom is 0.135 e. The van der Waals surface area contributed by atoms with Crippen LogP contribution in [0.4, 0.5) is 17.1 Å². The van der Waals surface area contributed by atoms with Crippen molar-refractivity contribution in [1.82, 2.24) is 0 Å². The number of anilines is 3. The predicted molar refractivity (Wildman–Crippen MR) is 250 cm³/mol. The highest BCUT2D eigenvalue weighted by Gasteiger charge is 2.23. The van der Waals surface area contributed by atoms with Crippen molar-refractivity contribution >= 4 is 102 Å². The molecule has 0 aliphatic carbocycles. The van der Waals surface area contributed by atoms with E-state index in [0.717, 1.165) is 44.4 Å². The van der Waals surface area contributed by atoms with Crippen LogP contribution in [0.2, 0.25) is 0 Å². The number of rotatable bonds is 6. The Labute approximate surface area is 343 Å². The van der Waals surface area contributed by atoms with Crippen molar-refractivity contribution in [2.24, 2.45) is 0 Å². The molecule has 3 heterocycles. The zero-order valence-corrected chi connectivity index (χ0v) is 32.9. The van der Waals surface area contributed by atoms with E-state index < -0.39 is 0 Å². The van der Waals surface area contributed by atoms with E-state index in [2.05, 4.69) is 193 Å². The molecule has 0 radical (unpaired) electrons. The van der Waals surface area contributed by atoms with Gasteiger partial charge in [-0.2, -0.15) is 0 Å². The summed E-state index contributed by atoms with van der Waals surface area (Å²) in [7, 11) is 0. The number of fused-ring (bicyclic) bond motifs is 9. The lowest BCUT2D eigenvalue weighted by atomic mass is 9.98. The first kappa shape index (κ1) is 33.2. The molecule has 2 nitrogen and oxygen atoms in total. The van der Waals surface area contributed by atoms with E-state index >= 15 is 0 Å². The van der Waals surface area contributed by atoms with Crippen molar-refractivity contribution in [3.8, 4) is 33.4 Å². The molecule has 0 saturated heterocycles. The zero-order valence-electron chi connectivity index (χ0n) is 31.2. The number of thiophene rings is 2. The average molecular weight is 776 g/mol. The van der Waals surface area contributed by atoms with Crippen LogP contribution < -0.4 is 4.90 Å². The smallest absolute Gasteiger partial charge is 0.135 e. The van der Waals surface area contributed by atoms with E-state index in [0.29, 0.717) is 0 Å². The lowest BCUT2D eigenvalue weighted by Crippen LogP contribution is -2.11. The van der Waals surface area contributed by atoms with Gasteiger partial charge in [-0.15, -0.1) is 22.7 Å². The van der Waals surface area contributed by atoms with E-state index in [4.69, 9.17) is 4.42 Å². The molecule has 0 saturated carbocycles. The Morgan fingerprint density at radius 1 is 0.328 bits per heavy atom. The fourth-order valence-electron chi connectivity index (χ4n) is 8.67. The minimum atomic E-state index is 0.907. The number of benzene rings is 9. The van der Waals surface area contributed by atoms with Crippen LogP contribution in [0.1, 0.15) is 0 Å². The molecule has 12 aromatic rings. The third-order valence-corrected chi connectivity index (χ3v) is 13.8. The third-order valence-electron chi connectivity index (χ3n) is 11.5. The summed E-state index contributed by atoms with van der Waals surface area (Å²) < 4.78 is 11.4. The van der Waals surface area contributed by atoms with Gasteiger partial charge in [0, 0.05) is 63.4 Å². The highest BCUT2D eigenvalue weighted by molar-refractivity contribution is 7.26. The minimum Gasteiger partial charge on any atom is -0.456 e. The van der Waals surface area contributed by atoms with Gasteiger partial charge in [-0.05, 0) is 94.5 Å². The van der Waals surface area contributed by atoms with E-state index in [1.165, 1.54) is 68.3 Å². The summed E-state index contributed by atoms with van der Waals surface area (Å²) in [5.74, 6) is 0. The molecule has 0 N–H and O–H groups in total. The van der Waals surface area contributed by atoms with Crippen molar-refractivity contribution in [3.05, 3.63) is 200 Å². The molecule has 58 heavy (non-hydrogen) atoms. The molecule has 4 heteroatoms. The summed E-state index contributed by atoms with van der Waals surface area (Å²) in [6, 6.07) is 72.8. The molecule has 0 atom stereocenters. The normalized spacial score (nSPS) is 11.8. The molecule has 9 aromatic carbocycles. The quantitative estimate of drug-likeness (QED) is 0.167. The standard InChI is InChI=1S/C54H33NOS2/c1-2-10-36(11-3-1)41-28-29-45-43-13-5-9-17-51(43)58-54(45)53(41)55(39-24-18-34(19-25-39)37-22-30-49-46(32-37)42-12-4-7-15-48(42)56-49)40-26-20-35(21-27-40)38-23-31-52-47(33-38)44-14-6-8-16-50(44)57-52/h1-33H. The lowest BCUT2D eigenvalue weighted by molar-refractivity contribution is 0.669. The van der Waals surface area contributed by atoms with Crippen molar-refractivity contribution in [3.63, 3.8) is 0 Å². The molecule has 0 aliphatic rings. The Balaban J connectivity index is 1.04. The van der Waals surface area contributed by atoms with E-state index in [1.807, 2.05) is 34.8 Å². The summed E-state index contributed by atoms with van der Waals surface area (Å²) in [6.07, 6.45) is 0. The summed E-state index contributed by atoms with van der Waals surface area (Å²) in [5.41, 5.74) is 12.3. The van der Waals surface area contributed by atoms with Gasteiger partial charge in [-0.25, -0.2) is 0 Å². The number of hydrogen-bond acceptors (Lipinski definition) is 4. The SMILES string of the molecule is c1ccc(-c2ccc3c(sc4ccccc43)c2N(c2ccc(-c3ccc4oc5ccccc5c4c3)cc2)c2ccc(-c3ccc4sc5ccccc5c4c3)cc2)cc1. The lowest BCUT2D eigenvalue weighted by Gasteiger charge is -2.29. The number of nitrogens with zero attached hydrogens (tertiary/aromatic N) is 1. The highest BCUT2D eigenvalue weighted by atomic mass is 32.1. The van der Waals surface area contributed by atoms with Crippen LogP contribution in [-0.2, 0) is 0 Å². The first-order chi connectivity index (χ1) is 28.7. The van der Waals surface area contributed by atoms with Crippen LogP contribution >= 0.6 is 22.7 Å². The highest BCUT2D eigenvalue weighted by Crippen LogP contribution is 2.50. The van der Waals surface area contributed by atoms with Crippen LogP contribution in [0, 0.1) is 0 Å². The van der Waals surface area contributed by atoms with Crippen molar-refractivity contribution in [2.75, 3.05) is 4.90 Å². The van der Waals surface area contributed by atoms with Gasteiger partial charge in [-0.1, -0.05) is 133 Å². The average Bonchev–Trinajstić information content (AvgIpc) is 3.98. The van der Waals surface area contributed by atoms with Gasteiger partial charge in [0.2, 0.25) is 0 Å². The van der Waals surface area contributed by atoms with Crippen molar-refractivity contribution < 1.29 is 4.42 Å². The maximum absolute atomic E-state index is 6.16. The summed E-state index contributed by atoms with van der Waals surface area (Å²) in [4.78, 5) is 2.47. The zero-order chi connectivity index (χ0) is 38.2. The van der Waals surface area contributed by atoms with Crippen LogP contribution in [0.5, 0.6) is 0 Å². The van der Waals surface area contributed by atoms with Crippen LogP contribution in [0.3, 0.4) is 0 Å². The molecule has 0 amide bonds. The molecule has 0 spiro atoms. The Bertz CT molecular complexity index is 3340. The Morgan fingerprint density at radius 2 is 0.862 bits per heavy atom. The second-order valence-corrected chi connectivity index (χ2v) is 17.0. The second kappa shape index (κ2) is 13.3. The van der Waals surface area contributed by atoms with Crippen molar-refractivity contribution in [1.29, 1.82) is 0 Å². The van der Waals surface area contributed by atoms with E-state index in [1.54, 1.807) is 0 Å². The fraction of sp³-hybridized carbons (Fsp3) is 0. The first-order valence-electron chi connectivity index (χ1n) is 19.6. The number of furan rings is 1. The van der Waals surface area contributed by atoms with Gasteiger partial charge in [0.25, 0.3) is 0 Å². The molecule has 12 rings (SSSR count). The number of hydrogen-bond donors (Lipinski definition) is 0.